The first kappa shape index (κ1) is 34.6. The van der Waals surface area contributed by atoms with Crippen LogP contribution in [0.25, 0.3) is 0 Å². The normalized spacial score (nSPS) is 26.4. The van der Waals surface area contributed by atoms with Crippen LogP contribution in [0, 0.1) is 0 Å². The molecular formula is C34H34ClNO10S. The minimum atomic E-state index is -1.98. The molecule has 0 aromatic heterocycles. The lowest BCUT2D eigenvalue weighted by Gasteiger charge is -2.42. The number of phenols is 2. The minimum Gasteiger partial charge on any atom is -0.507 e. The number of aromatic hydroxyl groups is 2. The van der Waals surface area contributed by atoms with Crippen molar-refractivity contribution in [2.75, 3.05) is 6.61 Å². The summed E-state index contributed by atoms with van der Waals surface area (Å²) in [5, 5.41) is 45.1. The van der Waals surface area contributed by atoms with E-state index in [0.717, 1.165) is 0 Å². The zero-order chi connectivity index (χ0) is 33.1. The van der Waals surface area contributed by atoms with Crippen LogP contribution in [0.3, 0.4) is 0 Å². The fourth-order valence-corrected chi connectivity index (χ4v) is 6.83. The van der Waals surface area contributed by atoms with E-state index in [4.69, 9.17) is 32.2 Å². The van der Waals surface area contributed by atoms with Crippen molar-refractivity contribution in [3.8, 4) is 17.2 Å². The number of ether oxygens (including phenoxy) is 3. The maximum Gasteiger partial charge on any atom is 0.201 e. The van der Waals surface area contributed by atoms with E-state index in [0.29, 0.717) is 5.56 Å². The average Bonchev–Trinajstić information content (AvgIpc) is 3.02. The third kappa shape index (κ3) is 5.95. The number of nitrogens with two attached hydrogens (primary N) is 1. The predicted molar refractivity (Wildman–Crippen MR) is 175 cm³/mol. The second-order valence-electron chi connectivity index (χ2n) is 12.0. The molecule has 6 rings (SSSR count). The Bertz CT molecular complexity index is 1770. The SMILES string of the molecule is CC(=O)[C@]1(O)Cc2c(O)c3c(c(O)c2[C@@H](OC2CC(N)C(O)C(C)O2)C1)C(=O)c1c(OCC(=O)c2ccccc2)cccc1C3=S.Cl. The van der Waals surface area contributed by atoms with Crippen LogP contribution in [0.15, 0.2) is 48.5 Å². The summed E-state index contributed by atoms with van der Waals surface area (Å²) < 4.78 is 17.8. The molecule has 6 N–H and O–H groups in total. The van der Waals surface area contributed by atoms with Gasteiger partial charge in [-0.1, -0.05) is 54.7 Å². The lowest BCUT2D eigenvalue weighted by atomic mass is 9.72. The van der Waals surface area contributed by atoms with Crippen molar-refractivity contribution in [3.63, 3.8) is 0 Å². The predicted octanol–water partition coefficient (Wildman–Crippen LogP) is 3.24. The zero-order valence-electron chi connectivity index (χ0n) is 25.5. The van der Waals surface area contributed by atoms with Crippen LogP contribution >= 0.6 is 24.6 Å². The van der Waals surface area contributed by atoms with Gasteiger partial charge in [-0.2, -0.15) is 0 Å². The number of thiocarbonyl (C=S) groups is 1. The molecule has 248 valence electrons. The molecule has 6 atom stereocenters. The van der Waals surface area contributed by atoms with Crippen LogP contribution in [-0.4, -0.2) is 79.4 Å². The second-order valence-corrected chi connectivity index (χ2v) is 12.4. The van der Waals surface area contributed by atoms with E-state index < -0.39 is 59.3 Å². The molecule has 0 amide bonds. The van der Waals surface area contributed by atoms with Crippen LogP contribution < -0.4 is 10.5 Å². The number of rotatable bonds is 7. The van der Waals surface area contributed by atoms with E-state index in [-0.39, 0.29) is 88.1 Å². The van der Waals surface area contributed by atoms with Crippen LogP contribution in [0.5, 0.6) is 17.2 Å². The standard InChI is InChI=1S/C34H33NO10S.ClH/c1-15-29(38)20(35)11-24(44-15)45-23-13-34(42,16(2)36)12-19-26(23)32(41)27-28(30(19)39)33(46)18-9-6-10-22(25(18)31(27)40)43-14-21(37)17-7-4-3-5-8-17;/h3-10,15,20,23-24,29,38-39,41-42H,11-14,35H2,1-2H3;1H/t15?,20?,23-,24?,29?,34-;/m0./s1. The molecule has 1 saturated heterocycles. The molecule has 0 bridgehead atoms. The Morgan fingerprint density at radius 1 is 1.06 bits per heavy atom. The molecule has 3 aliphatic rings. The van der Waals surface area contributed by atoms with Gasteiger partial charge in [0.25, 0.3) is 0 Å². The van der Waals surface area contributed by atoms with Crippen molar-refractivity contribution in [1.82, 2.24) is 0 Å². The Balaban J connectivity index is 0.00000433. The molecule has 1 fully saturated rings. The van der Waals surface area contributed by atoms with Crippen molar-refractivity contribution in [3.05, 3.63) is 87.5 Å². The van der Waals surface area contributed by atoms with E-state index in [9.17, 15) is 34.8 Å². The number of halogens is 1. The molecule has 0 saturated carbocycles. The van der Waals surface area contributed by atoms with Crippen LogP contribution in [0.4, 0.5) is 0 Å². The molecule has 0 radical (unpaired) electrons. The Kier molecular flexibility index (Phi) is 9.59. The topological polar surface area (TPSA) is 186 Å². The third-order valence-corrected chi connectivity index (χ3v) is 9.46. The number of phenolic OH excluding ortho intramolecular Hbond substituents is 2. The highest BCUT2D eigenvalue weighted by Gasteiger charge is 2.49. The molecular weight excluding hydrogens is 650 g/mol. The van der Waals surface area contributed by atoms with Gasteiger partial charge in [0.15, 0.2) is 24.5 Å². The average molecular weight is 684 g/mol. The summed E-state index contributed by atoms with van der Waals surface area (Å²) >= 11 is 5.73. The number of carbonyl (C=O) groups excluding carboxylic acids is 3. The maximum atomic E-state index is 14.2. The lowest BCUT2D eigenvalue weighted by Crippen LogP contribution is -2.52. The van der Waals surface area contributed by atoms with Crippen molar-refractivity contribution in [2.45, 2.75) is 69.4 Å². The fourth-order valence-electron chi connectivity index (χ4n) is 6.46. The summed E-state index contributed by atoms with van der Waals surface area (Å²) in [4.78, 5) is 39.6. The number of aliphatic hydroxyl groups excluding tert-OH is 1. The van der Waals surface area contributed by atoms with Crippen LogP contribution in [-0.2, 0) is 20.7 Å². The highest BCUT2D eigenvalue weighted by atomic mass is 35.5. The van der Waals surface area contributed by atoms with Crippen LogP contribution in [0.2, 0.25) is 0 Å². The third-order valence-electron chi connectivity index (χ3n) is 9.03. The van der Waals surface area contributed by atoms with Gasteiger partial charge in [-0.15, -0.1) is 12.4 Å². The first-order valence-electron chi connectivity index (χ1n) is 14.8. The number of hydrogen-bond donors (Lipinski definition) is 5. The largest absolute Gasteiger partial charge is 0.507 e. The molecule has 0 spiro atoms. The molecule has 47 heavy (non-hydrogen) atoms. The first-order valence-corrected chi connectivity index (χ1v) is 15.2. The van der Waals surface area contributed by atoms with Gasteiger partial charge in [-0.25, -0.2) is 0 Å². The number of carbonyl (C=O) groups is 3. The van der Waals surface area contributed by atoms with E-state index in [1.165, 1.54) is 13.0 Å². The van der Waals surface area contributed by atoms with Crippen molar-refractivity contribution < 1.29 is 49.0 Å². The van der Waals surface area contributed by atoms with Gasteiger partial charge in [-0.05, 0) is 19.9 Å². The number of ketones is 3. The monoisotopic (exact) mass is 683 g/mol. The quantitative estimate of drug-likeness (QED) is 0.109. The summed E-state index contributed by atoms with van der Waals surface area (Å²) in [6.07, 6.45) is -4.51. The van der Waals surface area contributed by atoms with E-state index in [1.54, 1.807) is 49.4 Å². The first-order chi connectivity index (χ1) is 21.8. The fraction of sp³-hybridized carbons (Fsp3) is 0.353. The van der Waals surface area contributed by atoms with Gasteiger partial charge in [0.2, 0.25) is 5.78 Å². The Morgan fingerprint density at radius 2 is 1.77 bits per heavy atom. The second kappa shape index (κ2) is 13.0. The molecule has 3 aromatic carbocycles. The van der Waals surface area contributed by atoms with Crippen molar-refractivity contribution >= 4 is 46.8 Å². The van der Waals surface area contributed by atoms with Crippen LogP contribution in [0.1, 0.15) is 81.3 Å². The number of Topliss-reactive ketones (excluding diaryl/α,β-unsaturated/α-hetero) is 2. The smallest absolute Gasteiger partial charge is 0.201 e. The summed E-state index contributed by atoms with van der Waals surface area (Å²) in [5.74, 6) is -2.58. The van der Waals surface area contributed by atoms with Gasteiger partial charge in [0.1, 0.15) is 22.8 Å². The Labute approximate surface area is 281 Å². The minimum absolute atomic E-state index is 0. The zero-order valence-corrected chi connectivity index (χ0v) is 27.1. The summed E-state index contributed by atoms with van der Waals surface area (Å²) in [7, 11) is 0. The highest BCUT2D eigenvalue weighted by Crippen LogP contribution is 2.52. The highest BCUT2D eigenvalue weighted by molar-refractivity contribution is 7.81. The van der Waals surface area contributed by atoms with E-state index in [2.05, 4.69) is 0 Å². The number of fused-ring (bicyclic) bond motifs is 3. The molecule has 2 aliphatic carbocycles. The molecule has 1 heterocycles. The van der Waals surface area contributed by atoms with Gasteiger partial charge >= 0.3 is 0 Å². The summed E-state index contributed by atoms with van der Waals surface area (Å²) in [5.41, 5.74) is 4.35. The van der Waals surface area contributed by atoms with E-state index >= 15 is 0 Å². The molecule has 11 nitrogen and oxygen atoms in total. The molecule has 4 unspecified atom stereocenters. The molecule has 13 heteroatoms. The summed E-state index contributed by atoms with van der Waals surface area (Å²) in [6.45, 7) is 2.45. The van der Waals surface area contributed by atoms with Gasteiger partial charge in [0, 0.05) is 47.6 Å². The van der Waals surface area contributed by atoms with Gasteiger partial charge in [-0.3, -0.25) is 14.4 Å². The lowest BCUT2D eigenvalue weighted by molar-refractivity contribution is -0.247. The maximum absolute atomic E-state index is 14.2. The molecule has 3 aromatic rings. The molecule has 1 aliphatic heterocycles. The van der Waals surface area contributed by atoms with Crippen molar-refractivity contribution in [1.29, 1.82) is 0 Å². The number of benzene rings is 3. The summed E-state index contributed by atoms with van der Waals surface area (Å²) in [6, 6.07) is 12.5. The Hall–Kier alpha value is -3.75. The number of hydrogen-bond acceptors (Lipinski definition) is 12. The Morgan fingerprint density at radius 3 is 2.43 bits per heavy atom. The van der Waals surface area contributed by atoms with Crippen molar-refractivity contribution in [2.24, 2.45) is 5.73 Å². The van der Waals surface area contributed by atoms with Gasteiger partial charge in [0.05, 0.1) is 39.9 Å². The number of aliphatic hydroxyl groups is 2. The van der Waals surface area contributed by atoms with Gasteiger partial charge < -0.3 is 40.4 Å². The van der Waals surface area contributed by atoms with E-state index in [1.807, 2.05) is 0 Å².